The second kappa shape index (κ2) is 8.37. The lowest BCUT2D eigenvalue weighted by Gasteiger charge is -2.22. The Kier molecular flexibility index (Phi) is 6.14. The SMILES string of the molecule is Cc1ccc(NC(=O)C(C)N2C(=O)/C(=C/c3ccc(Br)cc3)SC2=S)cc1. The predicted molar refractivity (Wildman–Crippen MR) is 118 cm³/mol. The smallest absolute Gasteiger partial charge is 0.266 e. The van der Waals surface area contributed by atoms with Gasteiger partial charge in [0.05, 0.1) is 4.91 Å². The maximum Gasteiger partial charge on any atom is 0.266 e. The first-order chi connectivity index (χ1) is 12.8. The lowest BCUT2D eigenvalue weighted by atomic mass is 10.2. The molecule has 1 unspecified atom stereocenters. The normalized spacial score (nSPS) is 16.7. The van der Waals surface area contributed by atoms with Crippen molar-refractivity contribution in [2.24, 2.45) is 0 Å². The van der Waals surface area contributed by atoms with Gasteiger partial charge < -0.3 is 5.32 Å². The zero-order chi connectivity index (χ0) is 19.6. The van der Waals surface area contributed by atoms with Gasteiger partial charge >= 0.3 is 0 Å². The number of nitrogens with zero attached hydrogens (tertiary/aromatic N) is 1. The van der Waals surface area contributed by atoms with Crippen LogP contribution in [0, 0.1) is 6.92 Å². The monoisotopic (exact) mass is 460 g/mol. The molecule has 2 amide bonds. The number of carbonyl (C=O) groups is 2. The Morgan fingerprint density at radius 2 is 1.81 bits per heavy atom. The van der Waals surface area contributed by atoms with Gasteiger partial charge in [-0.25, -0.2) is 0 Å². The molecular formula is C20H17BrN2O2S2. The maximum absolute atomic E-state index is 12.8. The minimum absolute atomic E-state index is 0.250. The Labute approximate surface area is 176 Å². The number of aryl methyl sites for hydroxylation is 1. The fourth-order valence-corrected chi connectivity index (χ4v) is 4.21. The van der Waals surface area contributed by atoms with E-state index < -0.39 is 6.04 Å². The number of anilines is 1. The summed E-state index contributed by atoms with van der Waals surface area (Å²) in [7, 11) is 0. The summed E-state index contributed by atoms with van der Waals surface area (Å²) < 4.78 is 1.35. The molecule has 138 valence electrons. The second-order valence-corrected chi connectivity index (χ2v) is 8.73. The summed E-state index contributed by atoms with van der Waals surface area (Å²) in [4.78, 5) is 27.3. The van der Waals surface area contributed by atoms with Crippen LogP contribution in [0.25, 0.3) is 6.08 Å². The fraction of sp³-hybridized carbons (Fsp3) is 0.150. The molecule has 0 aromatic heterocycles. The molecule has 1 aliphatic heterocycles. The summed E-state index contributed by atoms with van der Waals surface area (Å²) in [5, 5.41) is 2.83. The van der Waals surface area contributed by atoms with E-state index in [4.69, 9.17) is 12.2 Å². The largest absolute Gasteiger partial charge is 0.324 e. The van der Waals surface area contributed by atoms with Crippen LogP contribution < -0.4 is 5.32 Å². The number of carbonyl (C=O) groups excluding carboxylic acids is 2. The molecule has 3 rings (SSSR count). The second-order valence-electron chi connectivity index (χ2n) is 6.13. The van der Waals surface area contributed by atoms with E-state index in [1.807, 2.05) is 55.5 Å². The Hall–Kier alpha value is -1.96. The molecule has 0 radical (unpaired) electrons. The molecule has 27 heavy (non-hydrogen) atoms. The summed E-state index contributed by atoms with van der Waals surface area (Å²) in [5.74, 6) is -0.528. The van der Waals surface area contributed by atoms with Crippen LogP contribution in [0.5, 0.6) is 0 Å². The number of nitrogens with one attached hydrogen (secondary N) is 1. The minimum atomic E-state index is -0.699. The highest BCUT2D eigenvalue weighted by atomic mass is 79.9. The standard InChI is InChI=1S/C20H17BrN2O2S2/c1-12-3-9-16(10-4-12)22-18(24)13(2)23-19(25)17(27-20(23)26)11-14-5-7-15(21)8-6-14/h3-11,13H,1-2H3,(H,22,24)/b17-11-. The van der Waals surface area contributed by atoms with Gasteiger partial charge in [-0.15, -0.1) is 0 Å². The number of amides is 2. The summed E-state index contributed by atoms with van der Waals surface area (Å²) in [5.41, 5.74) is 2.69. The van der Waals surface area contributed by atoms with E-state index in [2.05, 4.69) is 21.2 Å². The molecule has 1 fully saturated rings. The van der Waals surface area contributed by atoms with Crippen LogP contribution in [0.2, 0.25) is 0 Å². The quantitative estimate of drug-likeness (QED) is 0.515. The number of hydrogen-bond acceptors (Lipinski definition) is 4. The maximum atomic E-state index is 12.8. The molecule has 4 nitrogen and oxygen atoms in total. The van der Waals surface area contributed by atoms with E-state index >= 15 is 0 Å². The Morgan fingerprint density at radius 1 is 1.19 bits per heavy atom. The van der Waals surface area contributed by atoms with Gasteiger partial charge in [-0.3, -0.25) is 14.5 Å². The van der Waals surface area contributed by atoms with E-state index in [9.17, 15) is 9.59 Å². The molecule has 1 aliphatic rings. The first kappa shape index (κ1) is 19.8. The van der Waals surface area contributed by atoms with Gasteiger partial charge in [0.2, 0.25) is 5.91 Å². The van der Waals surface area contributed by atoms with Crippen LogP contribution in [-0.4, -0.2) is 27.1 Å². The van der Waals surface area contributed by atoms with E-state index in [1.54, 1.807) is 13.0 Å². The van der Waals surface area contributed by atoms with Crippen LogP contribution in [-0.2, 0) is 9.59 Å². The van der Waals surface area contributed by atoms with E-state index in [1.165, 1.54) is 16.7 Å². The lowest BCUT2D eigenvalue weighted by molar-refractivity contribution is -0.129. The topological polar surface area (TPSA) is 49.4 Å². The average molecular weight is 461 g/mol. The molecule has 1 saturated heterocycles. The third-order valence-corrected chi connectivity index (χ3v) is 5.94. The van der Waals surface area contributed by atoms with Gasteiger partial charge in [-0.1, -0.05) is 69.7 Å². The molecule has 1 atom stereocenters. The highest BCUT2D eigenvalue weighted by Gasteiger charge is 2.38. The number of halogens is 1. The summed E-state index contributed by atoms with van der Waals surface area (Å²) >= 11 is 9.95. The molecule has 2 aromatic carbocycles. The predicted octanol–water partition coefficient (Wildman–Crippen LogP) is 4.99. The van der Waals surface area contributed by atoms with Crippen molar-refractivity contribution >= 4 is 67.8 Å². The molecule has 7 heteroatoms. The fourth-order valence-electron chi connectivity index (χ4n) is 2.52. The third kappa shape index (κ3) is 4.66. The molecule has 0 aliphatic carbocycles. The molecule has 0 spiro atoms. The number of rotatable bonds is 4. The molecule has 0 saturated carbocycles. The molecule has 2 aromatic rings. The highest BCUT2D eigenvalue weighted by Crippen LogP contribution is 2.34. The van der Waals surface area contributed by atoms with Crippen LogP contribution in [0.15, 0.2) is 57.9 Å². The Morgan fingerprint density at radius 3 is 2.44 bits per heavy atom. The zero-order valence-corrected chi connectivity index (χ0v) is 18.0. The van der Waals surface area contributed by atoms with Gasteiger partial charge in [-0.05, 0) is 49.8 Å². The minimum Gasteiger partial charge on any atom is -0.324 e. The number of thioether (sulfide) groups is 1. The van der Waals surface area contributed by atoms with Gasteiger partial charge in [0.25, 0.3) is 5.91 Å². The summed E-state index contributed by atoms with van der Waals surface area (Å²) in [6, 6.07) is 14.4. The molecular weight excluding hydrogens is 444 g/mol. The van der Waals surface area contributed by atoms with Crippen molar-refractivity contribution in [2.45, 2.75) is 19.9 Å². The Balaban J connectivity index is 1.74. The van der Waals surface area contributed by atoms with Crippen LogP contribution >= 0.6 is 39.9 Å². The van der Waals surface area contributed by atoms with Crippen molar-refractivity contribution in [3.63, 3.8) is 0 Å². The summed E-state index contributed by atoms with van der Waals surface area (Å²) in [6.45, 7) is 3.66. The van der Waals surface area contributed by atoms with Crippen LogP contribution in [0.4, 0.5) is 5.69 Å². The van der Waals surface area contributed by atoms with Gasteiger partial charge in [0.1, 0.15) is 10.4 Å². The zero-order valence-electron chi connectivity index (χ0n) is 14.7. The lowest BCUT2D eigenvalue weighted by Crippen LogP contribution is -2.44. The molecule has 1 heterocycles. The van der Waals surface area contributed by atoms with Gasteiger partial charge in [0.15, 0.2) is 0 Å². The number of hydrogen-bond donors (Lipinski definition) is 1. The molecule has 0 bridgehead atoms. The average Bonchev–Trinajstić information content (AvgIpc) is 2.91. The van der Waals surface area contributed by atoms with Crippen molar-refractivity contribution < 1.29 is 9.59 Å². The highest BCUT2D eigenvalue weighted by molar-refractivity contribution is 9.10. The summed E-state index contributed by atoms with van der Waals surface area (Å²) in [6.07, 6.45) is 1.79. The van der Waals surface area contributed by atoms with Gasteiger partial charge in [-0.2, -0.15) is 0 Å². The van der Waals surface area contributed by atoms with Crippen molar-refractivity contribution in [1.29, 1.82) is 0 Å². The Bertz CT molecular complexity index is 924. The van der Waals surface area contributed by atoms with Crippen molar-refractivity contribution in [1.82, 2.24) is 4.90 Å². The number of thiocarbonyl (C=S) groups is 1. The third-order valence-electron chi connectivity index (χ3n) is 4.08. The first-order valence-electron chi connectivity index (χ1n) is 8.25. The van der Waals surface area contributed by atoms with Gasteiger partial charge in [0, 0.05) is 10.2 Å². The van der Waals surface area contributed by atoms with E-state index in [0.717, 1.165) is 15.6 Å². The van der Waals surface area contributed by atoms with E-state index in [0.29, 0.717) is 14.9 Å². The van der Waals surface area contributed by atoms with Crippen molar-refractivity contribution in [2.75, 3.05) is 5.32 Å². The van der Waals surface area contributed by atoms with Crippen molar-refractivity contribution in [3.8, 4) is 0 Å². The molecule has 1 N–H and O–H groups in total. The number of benzene rings is 2. The van der Waals surface area contributed by atoms with Crippen molar-refractivity contribution in [3.05, 3.63) is 69.0 Å². The first-order valence-corrected chi connectivity index (χ1v) is 10.3. The van der Waals surface area contributed by atoms with Crippen LogP contribution in [0.1, 0.15) is 18.1 Å². The van der Waals surface area contributed by atoms with Crippen LogP contribution in [0.3, 0.4) is 0 Å². The van der Waals surface area contributed by atoms with E-state index in [-0.39, 0.29) is 11.8 Å².